The van der Waals surface area contributed by atoms with Crippen molar-refractivity contribution in [2.24, 2.45) is 11.7 Å². The first kappa shape index (κ1) is 23.0. The number of pyridine rings is 2. The van der Waals surface area contributed by atoms with Gasteiger partial charge >= 0.3 is 6.18 Å². The molecule has 2 aromatic heterocycles. The molecule has 1 aliphatic carbocycles. The average Bonchev–Trinajstić information content (AvgIpc) is 3.55. The Labute approximate surface area is 189 Å². The van der Waals surface area contributed by atoms with Crippen LogP contribution in [-0.2, 0) is 6.18 Å². The number of nitrogens with one attached hydrogen (secondary N) is 1. The summed E-state index contributed by atoms with van der Waals surface area (Å²) in [6.45, 7) is 4.68. The van der Waals surface area contributed by atoms with Crippen LogP contribution in [0.5, 0.6) is 0 Å². The second-order valence-electron chi connectivity index (χ2n) is 9.21. The molecule has 1 amide bonds. The highest BCUT2D eigenvalue weighted by atomic mass is 19.4. The zero-order valence-electron chi connectivity index (χ0n) is 18.4. The number of carbonyl (C=O) groups excluding carboxylic acids is 1. The minimum atomic E-state index is -4.66. The van der Waals surface area contributed by atoms with Crippen LogP contribution in [0.3, 0.4) is 0 Å². The predicted molar refractivity (Wildman–Crippen MR) is 116 cm³/mol. The van der Waals surface area contributed by atoms with Gasteiger partial charge in [0.15, 0.2) is 0 Å². The number of anilines is 1. The second-order valence-corrected chi connectivity index (χ2v) is 9.21. The molecule has 174 valence electrons. The molecule has 2 atom stereocenters. The number of hydrogen-bond acceptors (Lipinski definition) is 6. The summed E-state index contributed by atoms with van der Waals surface area (Å²) in [6.07, 6.45) is 0.418. The Morgan fingerprint density at radius 3 is 2.70 bits per heavy atom. The molecule has 33 heavy (non-hydrogen) atoms. The van der Waals surface area contributed by atoms with E-state index >= 15 is 0 Å². The topological polar surface area (TPSA) is 108 Å². The Bertz CT molecular complexity index is 1120. The molecule has 2 aromatic rings. The highest BCUT2D eigenvalue weighted by Crippen LogP contribution is 2.40. The van der Waals surface area contributed by atoms with Crippen molar-refractivity contribution in [2.75, 3.05) is 18.0 Å². The Balaban J connectivity index is 1.89. The van der Waals surface area contributed by atoms with Crippen molar-refractivity contribution in [3.8, 4) is 17.2 Å². The maximum Gasteiger partial charge on any atom is 0.433 e. The number of aromatic nitrogens is 2. The van der Waals surface area contributed by atoms with E-state index in [2.05, 4.69) is 15.3 Å². The lowest BCUT2D eigenvalue weighted by molar-refractivity contribution is -0.141. The highest BCUT2D eigenvalue weighted by molar-refractivity contribution is 6.04. The Hall–Kier alpha value is -3.19. The molecule has 3 heterocycles. The number of nitriles is 1. The number of alkyl halides is 3. The van der Waals surface area contributed by atoms with Crippen molar-refractivity contribution in [3.63, 3.8) is 0 Å². The minimum absolute atomic E-state index is 0.0412. The van der Waals surface area contributed by atoms with Crippen molar-refractivity contribution < 1.29 is 18.0 Å². The normalized spacial score (nSPS) is 21.5. The first-order valence-electron chi connectivity index (χ1n) is 10.8. The van der Waals surface area contributed by atoms with Gasteiger partial charge < -0.3 is 16.0 Å². The lowest BCUT2D eigenvalue weighted by atomic mass is 9.97. The molecule has 2 aliphatic rings. The van der Waals surface area contributed by atoms with E-state index in [1.165, 1.54) is 12.3 Å². The van der Waals surface area contributed by atoms with Gasteiger partial charge in [0, 0.05) is 42.6 Å². The van der Waals surface area contributed by atoms with Gasteiger partial charge in [-0.05, 0) is 56.7 Å². The molecule has 1 aliphatic heterocycles. The molecule has 4 rings (SSSR count). The van der Waals surface area contributed by atoms with E-state index in [-0.39, 0.29) is 34.3 Å². The van der Waals surface area contributed by atoms with Crippen LogP contribution in [0.1, 0.15) is 54.9 Å². The number of nitrogens with zero attached hydrogens (tertiary/aromatic N) is 4. The summed E-state index contributed by atoms with van der Waals surface area (Å²) < 4.78 is 40.1. The zero-order valence-corrected chi connectivity index (χ0v) is 18.4. The number of amides is 1. The number of carbonyl (C=O) groups is 1. The molecular weight excluding hydrogens is 433 g/mol. The van der Waals surface area contributed by atoms with E-state index in [1.807, 2.05) is 24.8 Å². The van der Waals surface area contributed by atoms with Gasteiger partial charge in [-0.25, -0.2) is 4.98 Å². The van der Waals surface area contributed by atoms with Crippen LogP contribution in [0.4, 0.5) is 18.9 Å². The number of nitrogens with two attached hydrogens (primary N) is 1. The first-order valence-corrected chi connectivity index (χ1v) is 10.8. The predicted octanol–water partition coefficient (Wildman–Crippen LogP) is 3.49. The van der Waals surface area contributed by atoms with Gasteiger partial charge in [-0.1, -0.05) is 0 Å². The van der Waals surface area contributed by atoms with Crippen LogP contribution in [0.15, 0.2) is 24.5 Å². The van der Waals surface area contributed by atoms with E-state index in [1.54, 1.807) is 0 Å². The van der Waals surface area contributed by atoms with Gasteiger partial charge in [-0.15, -0.1) is 0 Å². The van der Waals surface area contributed by atoms with Crippen LogP contribution < -0.4 is 16.0 Å². The molecule has 0 spiro atoms. The van der Waals surface area contributed by atoms with Crippen molar-refractivity contribution in [1.29, 1.82) is 5.26 Å². The van der Waals surface area contributed by atoms with E-state index < -0.39 is 17.4 Å². The summed E-state index contributed by atoms with van der Waals surface area (Å²) in [4.78, 5) is 22.7. The van der Waals surface area contributed by atoms with Gasteiger partial charge in [0.05, 0.1) is 11.3 Å². The fraction of sp³-hybridized carbons (Fsp3) is 0.478. The van der Waals surface area contributed by atoms with Crippen molar-refractivity contribution in [3.05, 3.63) is 41.5 Å². The Morgan fingerprint density at radius 2 is 2.12 bits per heavy atom. The monoisotopic (exact) mass is 458 g/mol. The number of rotatable bonds is 5. The average molecular weight is 458 g/mol. The SMILES string of the molecule is C[C@H](NC(=O)c1cnc(C#N)c(-c2ccnc(C(F)(F)F)c2)c1N1CC[C@](C)(N)C1)C1CC1. The molecule has 0 radical (unpaired) electrons. The van der Waals surface area contributed by atoms with Crippen LogP contribution in [0, 0.1) is 17.2 Å². The molecule has 10 heteroatoms. The maximum atomic E-state index is 13.4. The fourth-order valence-corrected chi connectivity index (χ4v) is 4.27. The third-order valence-corrected chi connectivity index (χ3v) is 6.25. The molecule has 0 aromatic carbocycles. The van der Waals surface area contributed by atoms with E-state index in [0.717, 1.165) is 25.1 Å². The molecule has 1 saturated heterocycles. The van der Waals surface area contributed by atoms with Gasteiger partial charge in [0.25, 0.3) is 5.91 Å². The van der Waals surface area contributed by atoms with E-state index in [4.69, 9.17) is 5.73 Å². The summed E-state index contributed by atoms with van der Waals surface area (Å²) in [5, 5.41) is 12.7. The summed E-state index contributed by atoms with van der Waals surface area (Å²) in [7, 11) is 0. The maximum absolute atomic E-state index is 13.4. The third-order valence-electron chi connectivity index (χ3n) is 6.25. The van der Waals surface area contributed by atoms with Crippen molar-refractivity contribution in [1.82, 2.24) is 15.3 Å². The quantitative estimate of drug-likeness (QED) is 0.710. The molecule has 2 fully saturated rings. The molecule has 0 bridgehead atoms. The van der Waals surface area contributed by atoms with E-state index in [0.29, 0.717) is 31.1 Å². The van der Waals surface area contributed by atoms with E-state index in [9.17, 15) is 23.2 Å². The molecule has 7 nitrogen and oxygen atoms in total. The lowest BCUT2D eigenvalue weighted by Gasteiger charge is -2.27. The smallest absolute Gasteiger partial charge is 0.368 e. The number of hydrogen-bond donors (Lipinski definition) is 2. The second kappa shape index (κ2) is 8.30. The summed E-state index contributed by atoms with van der Waals surface area (Å²) in [5.74, 6) is 0.0373. The molecule has 0 unspecified atom stereocenters. The van der Waals surface area contributed by atoms with Gasteiger partial charge in [0.2, 0.25) is 0 Å². The summed E-state index contributed by atoms with van der Waals surface area (Å²) in [6, 6.07) is 4.20. The highest BCUT2D eigenvalue weighted by Gasteiger charge is 2.37. The van der Waals surface area contributed by atoms with Crippen molar-refractivity contribution in [2.45, 2.75) is 50.9 Å². The van der Waals surface area contributed by atoms with Crippen LogP contribution in [-0.4, -0.2) is 40.5 Å². The lowest BCUT2D eigenvalue weighted by Crippen LogP contribution is -2.40. The third kappa shape index (κ3) is 4.78. The van der Waals surface area contributed by atoms with Gasteiger partial charge in [-0.2, -0.15) is 18.4 Å². The standard InChI is InChI=1S/C23H25F3N6O/c1-13(14-3-4-14)31-21(33)16-11-30-17(10-27)19(20(16)32-8-6-22(2,28)12-32)15-5-7-29-18(9-15)23(24,25)26/h5,7,9,11,13-14H,3-4,6,8,12,28H2,1-2H3,(H,31,33)/t13-,22-/m0/s1. The van der Waals surface area contributed by atoms with Crippen molar-refractivity contribution >= 4 is 11.6 Å². The Kier molecular flexibility index (Phi) is 5.78. The van der Waals surface area contributed by atoms with Gasteiger partial charge in [0.1, 0.15) is 17.5 Å². The summed E-state index contributed by atoms with van der Waals surface area (Å²) >= 11 is 0. The van der Waals surface area contributed by atoms with Crippen LogP contribution in [0.2, 0.25) is 0 Å². The largest absolute Gasteiger partial charge is 0.433 e. The van der Waals surface area contributed by atoms with Gasteiger partial charge in [-0.3, -0.25) is 9.78 Å². The number of halogens is 3. The van der Waals surface area contributed by atoms with Crippen LogP contribution in [0.25, 0.3) is 11.1 Å². The zero-order chi connectivity index (χ0) is 24.0. The molecule has 3 N–H and O–H groups in total. The summed E-state index contributed by atoms with van der Waals surface area (Å²) in [5.41, 5.74) is 5.49. The first-order chi connectivity index (χ1) is 15.5. The molecule has 1 saturated carbocycles. The minimum Gasteiger partial charge on any atom is -0.368 e. The van der Waals surface area contributed by atoms with Crippen LogP contribution >= 0.6 is 0 Å². The fourth-order valence-electron chi connectivity index (χ4n) is 4.27. The Morgan fingerprint density at radius 1 is 1.39 bits per heavy atom. The molecular formula is C23H25F3N6O.